The van der Waals surface area contributed by atoms with Crippen LogP contribution < -0.4 is 10.6 Å². The smallest absolute Gasteiger partial charge is 0.302 e. The molecule has 0 radical (unpaired) electrons. The van der Waals surface area contributed by atoms with Gasteiger partial charge in [0.25, 0.3) is 11.8 Å². The Balaban J connectivity index is 3.53. The normalized spacial score (nSPS) is 12.5. The first-order valence-electron chi connectivity index (χ1n) is 10.4. The van der Waals surface area contributed by atoms with Gasteiger partial charge in [0.15, 0.2) is 0 Å². The van der Waals surface area contributed by atoms with Gasteiger partial charge < -0.3 is 30.5 Å². The van der Waals surface area contributed by atoms with Crippen molar-refractivity contribution in [1.82, 2.24) is 10.2 Å². The molecule has 0 aliphatic rings. The van der Waals surface area contributed by atoms with Crippen LogP contribution in [0.2, 0.25) is 0 Å². The van der Waals surface area contributed by atoms with Gasteiger partial charge in [-0.2, -0.15) is 0 Å². The number of hydrogen-bond acceptors (Lipinski definition) is 7. The molecule has 1 rings (SSSR count). The minimum Gasteiger partial charge on any atom is -0.461 e. The van der Waals surface area contributed by atoms with Gasteiger partial charge in [0.2, 0.25) is 5.91 Å². The summed E-state index contributed by atoms with van der Waals surface area (Å²) in [6.07, 6.45) is -0.929. The van der Waals surface area contributed by atoms with Crippen LogP contribution in [-0.4, -0.2) is 77.8 Å². The first-order valence-corrected chi connectivity index (χ1v) is 13.6. The van der Waals surface area contributed by atoms with E-state index in [-0.39, 0.29) is 36.5 Å². The molecule has 190 valence electrons. The zero-order valence-corrected chi connectivity index (χ0v) is 25.7. The number of aliphatic hydroxyl groups is 2. The summed E-state index contributed by atoms with van der Waals surface area (Å²) in [5.74, 6) is -1.71. The fourth-order valence-electron chi connectivity index (χ4n) is 2.84. The quantitative estimate of drug-likeness (QED) is 0.199. The Kier molecular flexibility index (Phi) is 13.5. The Bertz CT molecular complexity index is 943. The number of nitrogens with zero attached hydrogens (tertiary/aromatic N) is 1. The van der Waals surface area contributed by atoms with Gasteiger partial charge in [-0.25, -0.2) is 0 Å². The summed E-state index contributed by atoms with van der Waals surface area (Å²) < 4.78 is 6.46. The zero-order chi connectivity index (χ0) is 26.2. The fraction of sp³-hybridized carbons (Fsp3) is 0.524. The first-order chi connectivity index (χ1) is 15.9. The molecule has 0 heterocycles. The third-order valence-electron chi connectivity index (χ3n) is 4.66. The minimum absolute atomic E-state index is 0.0790. The number of amides is 3. The second-order valence-electron chi connectivity index (χ2n) is 7.34. The summed E-state index contributed by atoms with van der Waals surface area (Å²) in [6.45, 7) is 4.25. The van der Waals surface area contributed by atoms with Crippen LogP contribution in [0.15, 0.2) is 0 Å². The lowest BCUT2D eigenvalue weighted by Gasteiger charge is -2.24. The summed E-state index contributed by atoms with van der Waals surface area (Å²) >= 11 is 5.83. The van der Waals surface area contributed by atoms with Gasteiger partial charge in [0, 0.05) is 30.5 Å². The molecule has 13 heteroatoms. The van der Waals surface area contributed by atoms with Crippen molar-refractivity contribution >= 4 is 97.2 Å². The second kappa shape index (κ2) is 14.7. The molecule has 0 aromatic heterocycles. The Morgan fingerprint density at radius 3 is 2.15 bits per heavy atom. The van der Waals surface area contributed by atoms with Crippen LogP contribution in [0.25, 0.3) is 0 Å². The van der Waals surface area contributed by atoms with Gasteiger partial charge in [-0.1, -0.05) is 13.8 Å². The molecular formula is C21H28I3N3O7. The lowest BCUT2D eigenvalue weighted by molar-refractivity contribution is -0.146. The highest BCUT2D eigenvalue weighted by molar-refractivity contribution is 14.1. The maximum absolute atomic E-state index is 13.3. The highest BCUT2D eigenvalue weighted by Gasteiger charge is 2.30. The summed E-state index contributed by atoms with van der Waals surface area (Å²) in [7, 11) is 1.47. The van der Waals surface area contributed by atoms with E-state index in [4.69, 9.17) is 9.84 Å². The van der Waals surface area contributed by atoms with Crippen molar-refractivity contribution in [3.63, 3.8) is 0 Å². The lowest BCUT2D eigenvalue weighted by Crippen LogP contribution is -2.38. The molecule has 34 heavy (non-hydrogen) atoms. The Morgan fingerprint density at radius 1 is 1.06 bits per heavy atom. The molecule has 0 aliphatic carbocycles. The number of ether oxygens (including phenoxy) is 1. The summed E-state index contributed by atoms with van der Waals surface area (Å²) in [6, 6.07) is 0. The van der Waals surface area contributed by atoms with Crippen molar-refractivity contribution in [3.8, 4) is 0 Å². The molecule has 2 unspecified atom stereocenters. The van der Waals surface area contributed by atoms with E-state index >= 15 is 0 Å². The number of rotatable bonds is 11. The van der Waals surface area contributed by atoms with Crippen molar-refractivity contribution in [2.75, 3.05) is 32.1 Å². The summed E-state index contributed by atoms with van der Waals surface area (Å²) in [4.78, 5) is 51.2. The Morgan fingerprint density at radius 2 is 1.65 bits per heavy atom. The van der Waals surface area contributed by atoms with Crippen molar-refractivity contribution < 1.29 is 34.1 Å². The van der Waals surface area contributed by atoms with Crippen LogP contribution in [0.4, 0.5) is 5.69 Å². The van der Waals surface area contributed by atoms with Gasteiger partial charge in [-0.15, -0.1) is 0 Å². The molecule has 0 saturated heterocycles. The van der Waals surface area contributed by atoms with Crippen molar-refractivity contribution in [1.29, 1.82) is 0 Å². The standard InChI is InChI=1S/C21H28I3N3O7/c1-5-12(34-10(3)29)7-25-20(32)14-16(22)15(21(33)27(4)8-11(30)9-28)18(24)19(17(14)23)26-13(31)6-2/h11-12,28,30H,5-9H2,1-4H3,(H,25,32)(H,26,31). The molecule has 0 aliphatic heterocycles. The maximum atomic E-state index is 13.3. The molecule has 1 aromatic carbocycles. The predicted octanol–water partition coefficient (Wildman–Crippen LogP) is 2.35. The van der Waals surface area contributed by atoms with Crippen molar-refractivity contribution in [2.45, 2.75) is 45.8 Å². The number of benzene rings is 1. The van der Waals surface area contributed by atoms with E-state index in [9.17, 15) is 24.3 Å². The third kappa shape index (κ3) is 8.41. The monoisotopic (exact) mass is 815 g/mol. The number of likely N-dealkylation sites (N-methyl/N-ethyl adjacent to an activating group) is 1. The van der Waals surface area contributed by atoms with E-state index < -0.39 is 36.6 Å². The van der Waals surface area contributed by atoms with Crippen LogP contribution in [0.1, 0.15) is 54.3 Å². The average Bonchev–Trinajstić information content (AvgIpc) is 2.78. The molecule has 1 aromatic rings. The number of nitrogens with one attached hydrogen (secondary N) is 2. The van der Waals surface area contributed by atoms with Crippen LogP contribution in [-0.2, 0) is 14.3 Å². The average molecular weight is 815 g/mol. The SMILES string of the molecule is CCC(=O)Nc1c(I)c(C(=O)NCC(CC)OC(C)=O)c(I)c(C(=O)N(C)CC(O)CO)c1I. The van der Waals surface area contributed by atoms with E-state index in [1.54, 1.807) is 6.92 Å². The van der Waals surface area contributed by atoms with Gasteiger partial charge in [-0.05, 0) is 74.2 Å². The Labute approximate surface area is 239 Å². The number of hydrogen-bond donors (Lipinski definition) is 4. The predicted molar refractivity (Wildman–Crippen MR) is 152 cm³/mol. The molecular weight excluding hydrogens is 787 g/mol. The van der Waals surface area contributed by atoms with E-state index in [2.05, 4.69) is 10.6 Å². The largest absolute Gasteiger partial charge is 0.461 e. The number of carbonyl (C=O) groups is 4. The van der Waals surface area contributed by atoms with Crippen LogP contribution in [0, 0.1) is 10.7 Å². The molecule has 3 amide bonds. The molecule has 0 saturated carbocycles. The number of halogens is 3. The topological polar surface area (TPSA) is 145 Å². The summed E-state index contributed by atoms with van der Waals surface area (Å²) in [5.41, 5.74) is 0.730. The number of esters is 1. The van der Waals surface area contributed by atoms with Crippen molar-refractivity contribution in [2.24, 2.45) is 0 Å². The van der Waals surface area contributed by atoms with Crippen LogP contribution >= 0.6 is 67.8 Å². The van der Waals surface area contributed by atoms with Gasteiger partial charge in [0.1, 0.15) is 6.10 Å². The number of anilines is 1. The van der Waals surface area contributed by atoms with E-state index in [1.165, 1.54) is 18.9 Å². The molecule has 4 N–H and O–H groups in total. The minimum atomic E-state index is -1.12. The summed E-state index contributed by atoms with van der Waals surface area (Å²) in [5, 5.41) is 24.4. The Hall–Kier alpha value is -0.790. The fourth-order valence-corrected chi connectivity index (χ4v) is 7.22. The molecule has 0 spiro atoms. The highest BCUT2D eigenvalue weighted by Crippen LogP contribution is 2.36. The van der Waals surface area contributed by atoms with E-state index in [1.807, 2.05) is 74.7 Å². The van der Waals surface area contributed by atoms with Crippen LogP contribution in [0.3, 0.4) is 0 Å². The zero-order valence-electron chi connectivity index (χ0n) is 19.2. The second-order valence-corrected chi connectivity index (χ2v) is 10.6. The van der Waals surface area contributed by atoms with Gasteiger partial charge >= 0.3 is 5.97 Å². The van der Waals surface area contributed by atoms with Crippen LogP contribution in [0.5, 0.6) is 0 Å². The molecule has 0 bridgehead atoms. The lowest BCUT2D eigenvalue weighted by atomic mass is 10.1. The van der Waals surface area contributed by atoms with Gasteiger partial charge in [-0.3, -0.25) is 19.2 Å². The molecule has 0 fully saturated rings. The number of carbonyl (C=O) groups excluding carboxylic acids is 4. The first kappa shape index (κ1) is 31.2. The number of aliphatic hydroxyl groups excluding tert-OH is 2. The molecule has 10 nitrogen and oxygen atoms in total. The highest BCUT2D eigenvalue weighted by atomic mass is 127. The van der Waals surface area contributed by atoms with E-state index in [0.717, 1.165) is 0 Å². The third-order valence-corrected chi connectivity index (χ3v) is 7.90. The van der Waals surface area contributed by atoms with Gasteiger partial charge in [0.05, 0.1) is 43.2 Å². The van der Waals surface area contributed by atoms with Crippen molar-refractivity contribution in [3.05, 3.63) is 21.8 Å². The van der Waals surface area contributed by atoms with E-state index in [0.29, 0.717) is 22.8 Å². The maximum Gasteiger partial charge on any atom is 0.302 e. The molecule has 2 atom stereocenters.